The zero-order valence-electron chi connectivity index (χ0n) is 17.0. The van der Waals surface area contributed by atoms with Gasteiger partial charge in [-0.15, -0.1) is 0 Å². The van der Waals surface area contributed by atoms with Gasteiger partial charge in [0.05, 0.1) is 41.4 Å². The van der Waals surface area contributed by atoms with Gasteiger partial charge < -0.3 is 15.0 Å². The molecule has 0 bridgehead atoms. The van der Waals surface area contributed by atoms with E-state index in [0.717, 1.165) is 28.8 Å². The molecule has 0 radical (unpaired) electrons. The summed E-state index contributed by atoms with van der Waals surface area (Å²) in [5, 5.41) is 8.00. The minimum atomic E-state index is 0.00739. The molecule has 4 heterocycles. The first-order chi connectivity index (χ1) is 15.0. The second-order valence-corrected chi connectivity index (χ2v) is 7.61. The van der Waals surface area contributed by atoms with Gasteiger partial charge >= 0.3 is 0 Å². The van der Waals surface area contributed by atoms with Crippen molar-refractivity contribution in [3.05, 3.63) is 59.5 Å². The lowest BCUT2D eigenvalue weighted by Crippen LogP contribution is -2.25. The molecule has 0 saturated carbocycles. The molecule has 0 aliphatic carbocycles. The number of halogens is 1. The van der Waals surface area contributed by atoms with E-state index in [1.165, 1.54) is 0 Å². The number of amides is 1. The van der Waals surface area contributed by atoms with Crippen LogP contribution < -0.4 is 15.0 Å². The van der Waals surface area contributed by atoms with Crippen LogP contribution in [-0.2, 0) is 11.2 Å². The number of nitrogens with one attached hydrogen (secondary N) is 1. The van der Waals surface area contributed by atoms with E-state index in [0.29, 0.717) is 34.6 Å². The minimum Gasteiger partial charge on any atom is -0.495 e. The summed E-state index contributed by atoms with van der Waals surface area (Å²) in [7, 11) is 1.61. The van der Waals surface area contributed by atoms with Crippen LogP contribution in [-0.4, -0.2) is 39.1 Å². The summed E-state index contributed by atoms with van der Waals surface area (Å²) in [6.45, 7) is 2.23. The van der Waals surface area contributed by atoms with Crippen LogP contribution in [0.1, 0.15) is 12.5 Å². The normalized spacial score (nSPS) is 12.8. The first kappa shape index (κ1) is 19.3. The molecule has 156 valence electrons. The Bertz CT molecular complexity index is 1320. The van der Waals surface area contributed by atoms with Crippen LogP contribution in [0.2, 0.25) is 5.02 Å². The highest BCUT2D eigenvalue weighted by Crippen LogP contribution is 2.39. The van der Waals surface area contributed by atoms with Crippen LogP contribution in [0.3, 0.4) is 0 Å². The molecule has 0 spiro atoms. The van der Waals surface area contributed by atoms with Crippen LogP contribution in [0.5, 0.6) is 5.75 Å². The maximum Gasteiger partial charge on any atom is 0.227 e. The summed E-state index contributed by atoms with van der Waals surface area (Å²) >= 11 is 6.42. The van der Waals surface area contributed by atoms with Crippen molar-refractivity contribution in [2.45, 2.75) is 13.3 Å². The standard InChI is InChI=1S/C22H19ClN6O2/c1-13(30)28-8-6-14-9-20(31-2)17(10-19(14)28)26-22-24-12-16(23)21(27-22)15-11-25-29-7-4-3-5-18(15)29/h3-5,7,9-12H,6,8H2,1-2H3,(H,24,26,27). The Morgan fingerprint density at radius 3 is 2.94 bits per heavy atom. The summed E-state index contributed by atoms with van der Waals surface area (Å²) in [6, 6.07) is 9.64. The number of fused-ring (bicyclic) bond motifs is 2. The van der Waals surface area contributed by atoms with Gasteiger partial charge in [-0.05, 0) is 36.2 Å². The molecular formula is C22H19ClN6O2. The van der Waals surface area contributed by atoms with Crippen LogP contribution in [0.15, 0.2) is 48.9 Å². The number of aromatic nitrogens is 4. The van der Waals surface area contributed by atoms with Crippen LogP contribution in [0.4, 0.5) is 17.3 Å². The van der Waals surface area contributed by atoms with E-state index < -0.39 is 0 Å². The average molecular weight is 435 g/mol. The van der Waals surface area contributed by atoms with Crippen LogP contribution in [0.25, 0.3) is 16.8 Å². The average Bonchev–Trinajstić information content (AvgIpc) is 3.38. The fraction of sp³-hybridized carbons (Fsp3) is 0.182. The van der Waals surface area contributed by atoms with Crippen molar-refractivity contribution in [3.63, 3.8) is 0 Å². The molecule has 9 heteroatoms. The first-order valence-electron chi connectivity index (χ1n) is 9.76. The number of nitrogens with zero attached hydrogens (tertiary/aromatic N) is 5. The number of carbonyl (C=O) groups excluding carboxylic acids is 1. The van der Waals surface area contributed by atoms with Gasteiger partial charge in [0.2, 0.25) is 11.9 Å². The monoisotopic (exact) mass is 434 g/mol. The predicted octanol–water partition coefficient (Wildman–Crippen LogP) is 4.11. The molecule has 0 unspecified atom stereocenters. The summed E-state index contributed by atoms with van der Waals surface area (Å²) in [4.78, 5) is 22.7. The number of ether oxygens (including phenoxy) is 1. The fourth-order valence-corrected chi connectivity index (χ4v) is 4.05. The summed E-state index contributed by atoms with van der Waals surface area (Å²) in [6.07, 6.45) is 5.94. The third-order valence-corrected chi connectivity index (χ3v) is 5.63. The Morgan fingerprint density at radius 2 is 2.13 bits per heavy atom. The Hall–Kier alpha value is -3.65. The Morgan fingerprint density at radius 1 is 1.26 bits per heavy atom. The van der Waals surface area contributed by atoms with Crippen molar-refractivity contribution in [1.29, 1.82) is 0 Å². The fourth-order valence-electron chi connectivity index (χ4n) is 3.86. The van der Waals surface area contributed by atoms with E-state index in [2.05, 4.69) is 20.4 Å². The molecule has 1 amide bonds. The summed E-state index contributed by atoms with van der Waals surface area (Å²) < 4.78 is 7.33. The van der Waals surface area contributed by atoms with Gasteiger partial charge in [0.25, 0.3) is 0 Å². The lowest BCUT2D eigenvalue weighted by molar-refractivity contribution is -0.116. The number of anilines is 3. The molecule has 1 aliphatic heterocycles. The van der Waals surface area contributed by atoms with Crippen LogP contribution >= 0.6 is 11.6 Å². The number of pyridine rings is 1. The quantitative estimate of drug-likeness (QED) is 0.520. The van der Waals surface area contributed by atoms with Crippen molar-refractivity contribution in [2.24, 2.45) is 0 Å². The third-order valence-electron chi connectivity index (χ3n) is 5.35. The van der Waals surface area contributed by atoms with Crippen molar-refractivity contribution < 1.29 is 9.53 Å². The van der Waals surface area contributed by atoms with Crippen LogP contribution in [0, 0.1) is 0 Å². The van der Waals surface area contributed by atoms with E-state index in [-0.39, 0.29) is 5.91 Å². The number of methoxy groups -OCH3 is 1. The topological polar surface area (TPSA) is 84.7 Å². The van der Waals surface area contributed by atoms with Gasteiger partial charge in [0.15, 0.2) is 0 Å². The molecule has 8 nitrogen and oxygen atoms in total. The molecule has 1 N–H and O–H groups in total. The number of benzene rings is 1. The van der Waals surface area contributed by atoms with Gasteiger partial charge in [-0.3, -0.25) is 4.79 Å². The van der Waals surface area contributed by atoms with Gasteiger partial charge in [0.1, 0.15) is 5.75 Å². The summed E-state index contributed by atoms with van der Waals surface area (Å²) in [5.41, 5.74) is 4.88. The highest BCUT2D eigenvalue weighted by Gasteiger charge is 2.25. The highest BCUT2D eigenvalue weighted by atomic mass is 35.5. The lowest BCUT2D eigenvalue weighted by atomic mass is 10.1. The predicted molar refractivity (Wildman–Crippen MR) is 119 cm³/mol. The van der Waals surface area contributed by atoms with Gasteiger partial charge in [-0.2, -0.15) is 5.10 Å². The number of hydrogen-bond acceptors (Lipinski definition) is 6. The third kappa shape index (κ3) is 3.34. The lowest BCUT2D eigenvalue weighted by Gasteiger charge is -2.18. The maximum absolute atomic E-state index is 12.0. The molecule has 31 heavy (non-hydrogen) atoms. The molecule has 0 saturated heterocycles. The highest BCUT2D eigenvalue weighted by molar-refractivity contribution is 6.33. The van der Waals surface area contributed by atoms with Gasteiger partial charge in [-0.1, -0.05) is 17.7 Å². The van der Waals surface area contributed by atoms with E-state index in [9.17, 15) is 4.79 Å². The van der Waals surface area contributed by atoms with Gasteiger partial charge in [-0.25, -0.2) is 14.5 Å². The van der Waals surface area contributed by atoms with Crippen molar-refractivity contribution >= 4 is 40.3 Å². The van der Waals surface area contributed by atoms with Crippen molar-refractivity contribution in [2.75, 3.05) is 23.9 Å². The largest absolute Gasteiger partial charge is 0.495 e. The molecule has 5 rings (SSSR count). The molecule has 1 aromatic carbocycles. The second kappa shape index (κ2) is 7.55. The van der Waals surface area contributed by atoms with E-state index in [1.54, 1.807) is 35.8 Å². The van der Waals surface area contributed by atoms with Crippen molar-refractivity contribution in [3.8, 4) is 17.0 Å². The maximum atomic E-state index is 12.0. The smallest absolute Gasteiger partial charge is 0.227 e. The Kier molecular flexibility index (Phi) is 4.71. The Balaban J connectivity index is 1.55. The summed E-state index contributed by atoms with van der Waals surface area (Å²) in [5.74, 6) is 1.02. The number of hydrogen-bond donors (Lipinski definition) is 1. The van der Waals surface area contributed by atoms with E-state index >= 15 is 0 Å². The first-order valence-corrected chi connectivity index (χ1v) is 10.1. The zero-order chi connectivity index (χ0) is 21.5. The molecule has 4 aromatic rings. The molecule has 0 atom stereocenters. The number of carbonyl (C=O) groups is 1. The van der Waals surface area contributed by atoms with E-state index in [4.69, 9.17) is 16.3 Å². The zero-order valence-corrected chi connectivity index (χ0v) is 17.7. The second-order valence-electron chi connectivity index (χ2n) is 7.21. The molecule has 1 aliphatic rings. The molecule has 0 fully saturated rings. The van der Waals surface area contributed by atoms with Gasteiger partial charge in [0, 0.05) is 30.9 Å². The molecule has 3 aromatic heterocycles. The van der Waals surface area contributed by atoms with Crippen molar-refractivity contribution in [1.82, 2.24) is 19.6 Å². The SMILES string of the molecule is COc1cc2c(cc1Nc1ncc(Cl)c(-c3cnn4ccccc34)n1)N(C(C)=O)CC2. The number of rotatable bonds is 4. The van der Waals surface area contributed by atoms with E-state index in [1.807, 2.05) is 36.5 Å². The minimum absolute atomic E-state index is 0.00739. The molecular weight excluding hydrogens is 416 g/mol. The Labute approximate surface area is 183 Å².